The number of benzene rings is 1. The molecular weight excluding hydrogens is 310 g/mol. The summed E-state index contributed by atoms with van der Waals surface area (Å²) in [6, 6.07) is 0. The van der Waals surface area contributed by atoms with E-state index in [2.05, 4.69) is 0 Å². The van der Waals surface area contributed by atoms with Crippen molar-refractivity contribution in [2.24, 2.45) is 0 Å². The fourth-order valence-corrected chi connectivity index (χ4v) is 1.85. The first kappa shape index (κ1) is 14.7. The zero-order valence-electron chi connectivity index (χ0n) is 8.78. The van der Waals surface area contributed by atoms with Gasteiger partial charge in [-0.15, -0.1) is 0 Å². The van der Waals surface area contributed by atoms with E-state index in [0.29, 0.717) is 0 Å². The van der Waals surface area contributed by atoms with Crippen molar-refractivity contribution in [1.29, 1.82) is 0 Å². The maximum atomic E-state index is 13.3. The minimum Gasteiger partial charge on any atom is -0.203 e. The van der Waals surface area contributed by atoms with E-state index in [9.17, 15) is 43.9 Å². The molecule has 1 aromatic rings. The van der Waals surface area contributed by atoms with Crippen LogP contribution in [0.3, 0.4) is 0 Å². The molecule has 1 aromatic carbocycles. The molecule has 0 fully saturated rings. The van der Waals surface area contributed by atoms with Crippen molar-refractivity contribution >= 4 is 5.57 Å². The lowest BCUT2D eigenvalue weighted by molar-refractivity contribution is -0.174. The summed E-state index contributed by atoms with van der Waals surface area (Å²) in [5.74, 6) is -22.5. The van der Waals surface area contributed by atoms with Gasteiger partial charge in [-0.2, -0.15) is 26.3 Å². The van der Waals surface area contributed by atoms with E-state index < -0.39 is 57.9 Å². The highest BCUT2D eigenvalue weighted by Crippen LogP contribution is 2.60. The third-order valence-corrected chi connectivity index (χ3v) is 2.73. The van der Waals surface area contributed by atoms with Gasteiger partial charge in [-0.3, -0.25) is 0 Å². The third kappa shape index (κ3) is 1.44. The first-order valence-electron chi connectivity index (χ1n) is 4.64. The van der Waals surface area contributed by atoms with E-state index in [1.165, 1.54) is 0 Å². The summed E-state index contributed by atoms with van der Waals surface area (Å²) < 4.78 is 130. The van der Waals surface area contributed by atoms with Crippen LogP contribution in [0.15, 0.2) is 6.08 Å². The Morgan fingerprint density at radius 3 is 1.55 bits per heavy atom. The molecule has 0 bridgehead atoms. The third-order valence-electron chi connectivity index (χ3n) is 2.73. The zero-order valence-corrected chi connectivity index (χ0v) is 8.78. The molecule has 0 saturated carbocycles. The minimum absolute atomic E-state index is 2.36. The van der Waals surface area contributed by atoms with Crippen LogP contribution in [0.1, 0.15) is 11.1 Å². The maximum Gasteiger partial charge on any atom is 0.345 e. The van der Waals surface area contributed by atoms with Crippen LogP contribution in [0.5, 0.6) is 0 Å². The van der Waals surface area contributed by atoms with E-state index in [1.54, 1.807) is 0 Å². The molecule has 0 aliphatic heterocycles. The Kier molecular flexibility index (Phi) is 2.85. The largest absolute Gasteiger partial charge is 0.345 e. The fraction of sp³-hybridized carbons (Fsp3) is 0.200. The molecule has 0 nitrogen and oxygen atoms in total. The number of alkyl halides is 4. The molecule has 0 amide bonds. The van der Waals surface area contributed by atoms with Gasteiger partial charge in [0.1, 0.15) is 5.57 Å². The lowest BCUT2D eigenvalue weighted by Gasteiger charge is -2.19. The Balaban J connectivity index is 3.07. The molecule has 10 heteroatoms. The highest BCUT2D eigenvalue weighted by molar-refractivity contribution is 5.81. The summed E-state index contributed by atoms with van der Waals surface area (Å²) >= 11 is 0. The van der Waals surface area contributed by atoms with Crippen molar-refractivity contribution in [2.75, 3.05) is 0 Å². The lowest BCUT2D eigenvalue weighted by atomic mass is 10.1. The molecule has 0 heterocycles. The Morgan fingerprint density at radius 1 is 0.650 bits per heavy atom. The molecule has 0 atom stereocenters. The molecule has 110 valence electrons. The van der Waals surface area contributed by atoms with Gasteiger partial charge in [0.05, 0.1) is 5.56 Å². The van der Waals surface area contributed by atoms with Gasteiger partial charge in [0.15, 0.2) is 23.3 Å². The van der Waals surface area contributed by atoms with Crippen LogP contribution in [0.4, 0.5) is 43.9 Å². The minimum atomic E-state index is -5.71. The zero-order chi connectivity index (χ0) is 15.6. The van der Waals surface area contributed by atoms with E-state index in [-0.39, 0.29) is 0 Å². The highest BCUT2D eigenvalue weighted by Gasteiger charge is 2.70. The van der Waals surface area contributed by atoms with E-state index >= 15 is 0 Å². The Bertz CT molecular complexity index is 638. The second-order valence-corrected chi connectivity index (χ2v) is 3.79. The smallest absolute Gasteiger partial charge is 0.203 e. The van der Waals surface area contributed by atoms with E-state index in [0.717, 1.165) is 0 Å². The van der Waals surface area contributed by atoms with Crippen LogP contribution in [0.25, 0.3) is 5.57 Å². The summed E-state index contributed by atoms with van der Waals surface area (Å²) in [7, 11) is 0. The van der Waals surface area contributed by atoms with Gasteiger partial charge in [-0.25, -0.2) is 17.6 Å². The maximum absolute atomic E-state index is 13.3. The predicted molar refractivity (Wildman–Crippen MR) is 44.3 cm³/mol. The Hall–Kier alpha value is -1.74. The van der Waals surface area contributed by atoms with Crippen LogP contribution >= 0.6 is 0 Å². The fourth-order valence-electron chi connectivity index (χ4n) is 1.85. The van der Waals surface area contributed by atoms with Crippen LogP contribution in [-0.2, 0) is 5.92 Å². The molecule has 0 N–H and O–H groups in total. The first-order chi connectivity index (χ1) is 8.96. The molecule has 0 aromatic heterocycles. The highest BCUT2D eigenvalue weighted by atomic mass is 19.3. The summed E-state index contributed by atoms with van der Waals surface area (Å²) in [5, 5.41) is 0. The van der Waals surface area contributed by atoms with E-state index in [1.807, 2.05) is 0 Å². The monoisotopic (exact) mass is 310 g/mol. The molecule has 1 aliphatic carbocycles. The molecule has 1 aliphatic rings. The second kappa shape index (κ2) is 3.89. The molecule has 20 heavy (non-hydrogen) atoms. The average Bonchev–Trinajstić information content (AvgIpc) is 2.48. The van der Waals surface area contributed by atoms with E-state index in [4.69, 9.17) is 0 Å². The number of fused-ring (bicyclic) bond motifs is 1. The van der Waals surface area contributed by atoms with Crippen LogP contribution in [0.2, 0.25) is 0 Å². The van der Waals surface area contributed by atoms with Gasteiger partial charge in [-0.1, -0.05) is 0 Å². The molecule has 0 radical (unpaired) electrons. The van der Waals surface area contributed by atoms with Gasteiger partial charge in [0.2, 0.25) is 0 Å². The predicted octanol–water partition coefficient (Wildman–Crippen LogP) is 4.59. The van der Waals surface area contributed by atoms with Crippen LogP contribution in [-0.4, -0.2) is 5.92 Å². The summed E-state index contributed by atoms with van der Waals surface area (Å²) in [4.78, 5) is 0. The number of rotatable bonds is 0. The number of allylic oxidation sites excluding steroid dienone is 1. The number of halogens is 10. The van der Waals surface area contributed by atoms with Crippen LogP contribution < -0.4 is 0 Å². The average molecular weight is 310 g/mol. The normalized spacial score (nSPS) is 19.2. The Labute approximate surface area is 103 Å². The molecule has 0 saturated heterocycles. The molecule has 0 unspecified atom stereocenters. The van der Waals surface area contributed by atoms with Crippen molar-refractivity contribution in [3.05, 3.63) is 40.5 Å². The molecular formula is C10F10. The van der Waals surface area contributed by atoms with Gasteiger partial charge in [0, 0.05) is 5.56 Å². The van der Waals surface area contributed by atoms with Gasteiger partial charge >= 0.3 is 11.8 Å². The van der Waals surface area contributed by atoms with Gasteiger partial charge in [0.25, 0.3) is 6.08 Å². The van der Waals surface area contributed by atoms with Crippen LogP contribution in [0, 0.1) is 23.3 Å². The summed E-state index contributed by atoms with van der Waals surface area (Å²) in [6.07, 6.45) is -3.46. The first-order valence-corrected chi connectivity index (χ1v) is 4.64. The summed E-state index contributed by atoms with van der Waals surface area (Å²) in [5.41, 5.74) is -7.87. The van der Waals surface area contributed by atoms with Gasteiger partial charge in [-0.05, 0) is 0 Å². The van der Waals surface area contributed by atoms with Crippen molar-refractivity contribution in [3.63, 3.8) is 0 Å². The van der Waals surface area contributed by atoms with Gasteiger partial charge < -0.3 is 0 Å². The van der Waals surface area contributed by atoms with Crippen molar-refractivity contribution in [1.82, 2.24) is 0 Å². The molecule has 2 rings (SSSR count). The van der Waals surface area contributed by atoms with Crippen molar-refractivity contribution in [3.8, 4) is 0 Å². The number of hydrogen-bond acceptors (Lipinski definition) is 0. The quantitative estimate of drug-likeness (QED) is 0.373. The SMILES string of the molecule is FC(F)=C1c2c(F)c(F)c(F)c(F)c2C(F)(F)C1(F)F. The van der Waals surface area contributed by atoms with Crippen molar-refractivity contribution < 1.29 is 43.9 Å². The second-order valence-electron chi connectivity index (χ2n) is 3.79. The Morgan fingerprint density at radius 2 is 1.10 bits per heavy atom. The van der Waals surface area contributed by atoms with Crippen molar-refractivity contribution in [2.45, 2.75) is 11.8 Å². The molecule has 0 spiro atoms. The standard InChI is InChI=1S/C10F10/c11-4-1-2(5(12)7(14)6(4)13)9(17,18)10(19,20)3(1)8(15)16. The summed E-state index contributed by atoms with van der Waals surface area (Å²) in [6.45, 7) is 0. The topological polar surface area (TPSA) is 0 Å². The number of hydrogen-bond donors (Lipinski definition) is 0. The lowest BCUT2D eigenvalue weighted by Crippen LogP contribution is -2.34.